The highest BCUT2D eigenvalue weighted by Crippen LogP contribution is 2.14. The molecule has 0 radical (unpaired) electrons. The summed E-state index contributed by atoms with van der Waals surface area (Å²) in [7, 11) is 3.76. The largest absolute Gasteiger partial charge is 0.478 e. The van der Waals surface area contributed by atoms with Crippen LogP contribution in [0.25, 0.3) is 0 Å². The van der Waals surface area contributed by atoms with Crippen LogP contribution >= 0.6 is 12.4 Å². The SMILES string of the molecule is CC(CN(C)C)C(=O)c1ccccc1C(=O)O.Cl. The summed E-state index contributed by atoms with van der Waals surface area (Å²) in [6.07, 6.45) is 0. The van der Waals surface area contributed by atoms with Crippen molar-refractivity contribution in [2.24, 2.45) is 5.92 Å². The molecule has 0 aliphatic heterocycles. The number of aromatic carboxylic acids is 1. The zero-order chi connectivity index (χ0) is 13.0. The summed E-state index contributed by atoms with van der Waals surface area (Å²) in [5.41, 5.74) is 0.359. The second-order valence-electron chi connectivity index (χ2n) is 4.38. The Balaban J connectivity index is 0.00000289. The second-order valence-corrected chi connectivity index (χ2v) is 4.38. The number of rotatable bonds is 5. The molecule has 0 bridgehead atoms. The number of nitrogens with zero attached hydrogens (tertiary/aromatic N) is 1. The van der Waals surface area contributed by atoms with Crippen molar-refractivity contribution < 1.29 is 14.7 Å². The first-order valence-corrected chi connectivity index (χ1v) is 5.44. The molecular formula is C13H18ClNO3. The minimum Gasteiger partial charge on any atom is -0.478 e. The van der Waals surface area contributed by atoms with Gasteiger partial charge in [-0.3, -0.25) is 4.79 Å². The minimum atomic E-state index is -1.06. The van der Waals surface area contributed by atoms with E-state index in [2.05, 4.69) is 0 Å². The van der Waals surface area contributed by atoms with Gasteiger partial charge < -0.3 is 10.0 Å². The molecule has 0 heterocycles. The lowest BCUT2D eigenvalue weighted by Crippen LogP contribution is -2.26. The molecule has 1 rings (SSSR count). The van der Waals surface area contributed by atoms with Crippen molar-refractivity contribution in [3.05, 3.63) is 35.4 Å². The lowest BCUT2D eigenvalue weighted by Gasteiger charge is -2.16. The average Bonchev–Trinajstić information content (AvgIpc) is 2.27. The van der Waals surface area contributed by atoms with Crippen molar-refractivity contribution >= 4 is 24.2 Å². The Morgan fingerprint density at radius 2 is 1.72 bits per heavy atom. The van der Waals surface area contributed by atoms with Gasteiger partial charge in [0.2, 0.25) is 0 Å². The summed E-state index contributed by atoms with van der Waals surface area (Å²) in [5.74, 6) is -1.41. The Morgan fingerprint density at radius 1 is 1.22 bits per heavy atom. The first-order valence-electron chi connectivity index (χ1n) is 5.44. The van der Waals surface area contributed by atoms with E-state index in [-0.39, 0.29) is 35.2 Å². The van der Waals surface area contributed by atoms with Gasteiger partial charge >= 0.3 is 5.97 Å². The number of hydrogen-bond acceptors (Lipinski definition) is 3. The zero-order valence-electron chi connectivity index (χ0n) is 10.7. The van der Waals surface area contributed by atoms with Gasteiger partial charge in [0, 0.05) is 18.0 Å². The topological polar surface area (TPSA) is 57.6 Å². The average molecular weight is 272 g/mol. The van der Waals surface area contributed by atoms with E-state index in [4.69, 9.17) is 5.11 Å². The van der Waals surface area contributed by atoms with E-state index in [9.17, 15) is 9.59 Å². The molecule has 1 N–H and O–H groups in total. The molecule has 5 heteroatoms. The van der Waals surface area contributed by atoms with Gasteiger partial charge in [-0.25, -0.2) is 4.79 Å². The summed E-state index contributed by atoms with van der Waals surface area (Å²) >= 11 is 0. The van der Waals surface area contributed by atoms with Crippen molar-refractivity contribution in [3.8, 4) is 0 Å². The molecular weight excluding hydrogens is 254 g/mol. The quantitative estimate of drug-likeness (QED) is 0.834. The third kappa shape index (κ3) is 4.13. The fraction of sp³-hybridized carbons (Fsp3) is 0.385. The molecule has 1 unspecified atom stereocenters. The smallest absolute Gasteiger partial charge is 0.336 e. The Labute approximate surface area is 113 Å². The Morgan fingerprint density at radius 3 is 2.17 bits per heavy atom. The lowest BCUT2D eigenvalue weighted by atomic mass is 9.95. The van der Waals surface area contributed by atoms with Gasteiger partial charge in [-0.05, 0) is 20.2 Å². The zero-order valence-corrected chi connectivity index (χ0v) is 11.5. The van der Waals surface area contributed by atoms with Crippen LogP contribution in [-0.2, 0) is 0 Å². The Kier molecular flexibility index (Phi) is 6.58. The van der Waals surface area contributed by atoms with Crippen LogP contribution in [0.2, 0.25) is 0 Å². The predicted molar refractivity (Wildman–Crippen MR) is 72.7 cm³/mol. The number of benzene rings is 1. The van der Waals surface area contributed by atoms with Gasteiger partial charge in [0.25, 0.3) is 0 Å². The second kappa shape index (κ2) is 7.13. The van der Waals surface area contributed by atoms with Crippen molar-refractivity contribution in [3.63, 3.8) is 0 Å². The van der Waals surface area contributed by atoms with Crippen LogP contribution in [0.1, 0.15) is 27.6 Å². The molecule has 18 heavy (non-hydrogen) atoms. The van der Waals surface area contributed by atoms with E-state index >= 15 is 0 Å². The van der Waals surface area contributed by atoms with Crippen LogP contribution in [0.15, 0.2) is 24.3 Å². The predicted octanol–water partition coefficient (Wildman–Crippen LogP) is 2.19. The van der Waals surface area contributed by atoms with Crippen LogP contribution in [0.3, 0.4) is 0 Å². The van der Waals surface area contributed by atoms with Crippen LogP contribution < -0.4 is 0 Å². The number of hydrogen-bond donors (Lipinski definition) is 1. The molecule has 0 aliphatic rings. The molecule has 0 amide bonds. The molecule has 0 aromatic heterocycles. The van der Waals surface area contributed by atoms with E-state index in [1.54, 1.807) is 25.1 Å². The summed E-state index contributed by atoms with van der Waals surface area (Å²) < 4.78 is 0. The molecule has 1 aromatic rings. The minimum absolute atomic E-state index is 0. The first-order chi connectivity index (χ1) is 7.93. The lowest BCUT2D eigenvalue weighted by molar-refractivity contribution is 0.0690. The number of carbonyl (C=O) groups is 2. The molecule has 100 valence electrons. The number of carbonyl (C=O) groups excluding carboxylic acids is 1. The third-order valence-electron chi connectivity index (χ3n) is 2.51. The molecule has 4 nitrogen and oxygen atoms in total. The summed E-state index contributed by atoms with van der Waals surface area (Å²) in [5, 5.41) is 9.02. The van der Waals surface area contributed by atoms with E-state index < -0.39 is 5.97 Å². The van der Waals surface area contributed by atoms with Crippen molar-refractivity contribution in [2.75, 3.05) is 20.6 Å². The van der Waals surface area contributed by atoms with Crippen molar-refractivity contribution in [1.82, 2.24) is 4.90 Å². The van der Waals surface area contributed by atoms with Crippen LogP contribution in [0.5, 0.6) is 0 Å². The number of carboxylic acid groups (broad SMARTS) is 1. The maximum absolute atomic E-state index is 12.1. The van der Waals surface area contributed by atoms with Gasteiger partial charge in [0.1, 0.15) is 0 Å². The van der Waals surface area contributed by atoms with Crippen LogP contribution in [0.4, 0.5) is 0 Å². The summed E-state index contributed by atoms with van der Waals surface area (Å²) in [6.45, 7) is 2.41. The number of halogens is 1. The summed E-state index contributed by atoms with van der Waals surface area (Å²) in [6, 6.07) is 6.33. The highest BCUT2D eigenvalue weighted by molar-refractivity contribution is 6.06. The normalized spacial score (nSPS) is 11.8. The molecule has 0 spiro atoms. The van der Waals surface area contributed by atoms with E-state index in [0.717, 1.165) is 0 Å². The van der Waals surface area contributed by atoms with Gasteiger partial charge in [-0.1, -0.05) is 25.1 Å². The van der Waals surface area contributed by atoms with Gasteiger partial charge in [-0.2, -0.15) is 0 Å². The molecule has 0 saturated carbocycles. The Bertz CT molecular complexity index is 432. The van der Waals surface area contributed by atoms with Gasteiger partial charge in [-0.15, -0.1) is 12.4 Å². The van der Waals surface area contributed by atoms with Gasteiger partial charge in [0.05, 0.1) is 5.56 Å². The van der Waals surface area contributed by atoms with Crippen molar-refractivity contribution in [1.29, 1.82) is 0 Å². The Hall–Kier alpha value is -1.39. The first kappa shape index (κ1) is 16.6. The highest BCUT2D eigenvalue weighted by atomic mass is 35.5. The van der Waals surface area contributed by atoms with E-state index in [0.29, 0.717) is 6.54 Å². The summed E-state index contributed by atoms with van der Waals surface area (Å²) in [4.78, 5) is 25.0. The number of carboxylic acids is 1. The van der Waals surface area contributed by atoms with E-state index in [1.165, 1.54) is 6.07 Å². The van der Waals surface area contributed by atoms with Gasteiger partial charge in [0.15, 0.2) is 5.78 Å². The molecule has 1 atom stereocenters. The fourth-order valence-electron chi connectivity index (χ4n) is 1.78. The maximum atomic E-state index is 12.1. The molecule has 0 fully saturated rings. The van der Waals surface area contributed by atoms with Crippen LogP contribution in [0, 0.1) is 5.92 Å². The highest BCUT2D eigenvalue weighted by Gasteiger charge is 2.21. The third-order valence-corrected chi connectivity index (χ3v) is 2.51. The van der Waals surface area contributed by atoms with E-state index in [1.807, 2.05) is 19.0 Å². The standard InChI is InChI=1S/C13H17NO3.ClH/c1-9(8-14(2)3)12(15)10-6-4-5-7-11(10)13(16)17;/h4-7,9H,8H2,1-3H3,(H,16,17);1H. The number of ketones is 1. The monoisotopic (exact) mass is 271 g/mol. The molecule has 1 aromatic carbocycles. The maximum Gasteiger partial charge on any atom is 0.336 e. The molecule has 0 saturated heterocycles. The molecule has 0 aliphatic carbocycles. The van der Waals surface area contributed by atoms with Crippen LogP contribution in [-0.4, -0.2) is 42.4 Å². The fourth-order valence-corrected chi connectivity index (χ4v) is 1.78. The number of Topliss-reactive ketones (excluding diaryl/α,β-unsaturated/α-hetero) is 1. The van der Waals surface area contributed by atoms with Crippen molar-refractivity contribution in [2.45, 2.75) is 6.92 Å².